The Bertz CT molecular complexity index is 1310. The lowest BCUT2D eigenvalue weighted by atomic mass is 9.83. The van der Waals surface area contributed by atoms with E-state index in [1.807, 2.05) is 19.1 Å². The number of hydrogen-bond donors (Lipinski definition) is 2. The van der Waals surface area contributed by atoms with Gasteiger partial charge in [-0.15, -0.1) is 9.78 Å². The molecule has 3 N–H and O–H groups in total. The number of fused-ring (bicyclic) bond motifs is 1. The van der Waals surface area contributed by atoms with Crippen molar-refractivity contribution >= 4 is 5.82 Å². The van der Waals surface area contributed by atoms with Crippen molar-refractivity contribution in [1.29, 1.82) is 5.26 Å². The summed E-state index contributed by atoms with van der Waals surface area (Å²) < 4.78 is 12.4. The molecule has 1 atom stereocenters. The molecule has 0 saturated carbocycles. The third-order valence-corrected chi connectivity index (χ3v) is 5.65. The molecule has 164 valence electrons. The minimum atomic E-state index is -0.511. The number of aromatic nitrogens is 4. The summed E-state index contributed by atoms with van der Waals surface area (Å²) in [4.78, 5) is 11.2. The summed E-state index contributed by atoms with van der Waals surface area (Å²) in [7, 11) is 1.53. The largest absolute Gasteiger partial charge is 0.496 e. The van der Waals surface area contributed by atoms with Crippen molar-refractivity contribution in [3.05, 3.63) is 73.4 Å². The number of methoxy groups -OCH3 is 1. The van der Waals surface area contributed by atoms with Gasteiger partial charge in [0.25, 0.3) is 0 Å². The van der Waals surface area contributed by atoms with E-state index >= 15 is 0 Å². The highest BCUT2D eigenvalue weighted by Gasteiger charge is 2.35. The normalized spacial score (nSPS) is 15.2. The molecule has 0 aliphatic carbocycles. The first-order valence-electron chi connectivity index (χ1n) is 9.74. The fraction of sp³-hybridized carbons (Fsp3) is 0.286. The van der Waals surface area contributed by atoms with Gasteiger partial charge >= 0.3 is 5.82 Å². The van der Waals surface area contributed by atoms with Gasteiger partial charge in [-0.3, -0.25) is 5.10 Å². The highest BCUT2D eigenvalue weighted by Crippen LogP contribution is 2.43. The maximum Gasteiger partial charge on any atom is 0.348 e. The second kappa shape index (κ2) is 7.73. The molecule has 11 heteroatoms. The SMILES string of the molecule is COc1ccc(C2C(C#N)=C(N)Oc3n[nH]c(C)c32)cc1Cn1nc(C)c(C)c1[N+](=O)[O-]. The monoisotopic (exact) mass is 435 g/mol. The Labute approximate surface area is 183 Å². The second-order valence-corrected chi connectivity index (χ2v) is 7.51. The van der Waals surface area contributed by atoms with Crippen molar-refractivity contribution < 1.29 is 14.4 Å². The van der Waals surface area contributed by atoms with Crippen LogP contribution in [0.25, 0.3) is 0 Å². The second-order valence-electron chi connectivity index (χ2n) is 7.51. The van der Waals surface area contributed by atoms with Crippen LogP contribution in [-0.2, 0) is 6.54 Å². The molecule has 0 fully saturated rings. The zero-order valence-corrected chi connectivity index (χ0v) is 18.0. The summed E-state index contributed by atoms with van der Waals surface area (Å²) in [6.07, 6.45) is 0. The Kier molecular flexibility index (Phi) is 5.06. The van der Waals surface area contributed by atoms with Crippen molar-refractivity contribution in [1.82, 2.24) is 20.0 Å². The summed E-state index contributed by atoms with van der Waals surface area (Å²) >= 11 is 0. The topological polar surface area (TPSA) is 158 Å². The highest BCUT2D eigenvalue weighted by molar-refractivity contribution is 5.56. The third kappa shape index (κ3) is 3.22. The lowest BCUT2D eigenvalue weighted by Gasteiger charge is -2.24. The molecule has 0 bridgehead atoms. The molecule has 2 aromatic heterocycles. The third-order valence-electron chi connectivity index (χ3n) is 5.65. The van der Waals surface area contributed by atoms with Gasteiger partial charge in [0.1, 0.15) is 23.9 Å². The van der Waals surface area contributed by atoms with Crippen molar-refractivity contribution in [3.8, 4) is 17.7 Å². The van der Waals surface area contributed by atoms with Crippen molar-refractivity contribution in [2.24, 2.45) is 5.73 Å². The van der Waals surface area contributed by atoms with Crippen LogP contribution in [0, 0.1) is 42.2 Å². The van der Waals surface area contributed by atoms with Gasteiger partial charge in [-0.05, 0) is 43.4 Å². The first-order chi connectivity index (χ1) is 15.3. The zero-order chi connectivity index (χ0) is 23.2. The predicted octanol–water partition coefficient (Wildman–Crippen LogP) is 2.71. The van der Waals surface area contributed by atoms with Crippen LogP contribution in [0.2, 0.25) is 0 Å². The van der Waals surface area contributed by atoms with Crippen LogP contribution in [0.15, 0.2) is 29.7 Å². The fourth-order valence-electron chi connectivity index (χ4n) is 4.00. The van der Waals surface area contributed by atoms with Crippen LogP contribution in [0.3, 0.4) is 0 Å². The number of ether oxygens (including phenoxy) is 2. The number of allylic oxidation sites excluding steroid dienone is 1. The van der Waals surface area contributed by atoms with Gasteiger partial charge in [0.2, 0.25) is 11.8 Å². The molecule has 11 nitrogen and oxygen atoms in total. The molecule has 32 heavy (non-hydrogen) atoms. The smallest absolute Gasteiger partial charge is 0.348 e. The van der Waals surface area contributed by atoms with Gasteiger partial charge in [-0.1, -0.05) is 11.2 Å². The van der Waals surface area contributed by atoms with Crippen LogP contribution in [-0.4, -0.2) is 32.0 Å². The lowest BCUT2D eigenvalue weighted by molar-refractivity contribution is -0.393. The van der Waals surface area contributed by atoms with Crippen LogP contribution >= 0.6 is 0 Å². The summed E-state index contributed by atoms with van der Waals surface area (Å²) in [5, 5.41) is 32.7. The first-order valence-corrected chi connectivity index (χ1v) is 9.74. The zero-order valence-electron chi connectivity index (χ0n) is 18.0. The molecule has 0 radical (unpaired) electrons. The van der Waals surface area contributed by atoms with Crippen LogP contribution in [0.5, 0.6) is 11.6 Å². The fourth-order valence-corrected chi connectivity index (χ4v) is 4.00. The van der Waals surface area contributed by atoms with Crippen molar-refractivity contribution in [2.75, 3.05) is 7.11 Å². The number of nitrogens with zero attached hydrogens (tertiary/aromatic N) is 5. The summed E-state index contributed by atoms with van der Waals surface area (Å²) in [6.45, 7) is 5.35. The summed E-state index contributed by atoms with van der Waals surface area (Å²) in [5.41, 5.74) is 10.2. The van der Waals surface area contributed by atoms with Crippen LogP contribution < -0.4 is 15.2 Å². The van der Waals surface area contributed by atoms with Crippen LogP contribution in [0.1, 0.15) is 39.6 Å². The summed E-state index contributed by atoms with van der Waals surface area (Å²) in [6, 6.07) is 7.57. The molecule has 0 amide bonds. The van der Waals surface area contributed by atoms with Gasteiger partial charge in [0.15, 0.2) is 0 Å². The Balaban J connectivity index is 1.85. The molecular weight excluding hydrogens is 414 g/mol. The molecule has 0 saturated heterocycles. The number of H-pyrrole nitrogens is 1. The maximum absolute atomic E-state index is 11.6. The first kappa shape index (κ1) is 20.9. The van der Waals surface area contributed by atoms with Crippen molar-refractivity contribution in [2.45, 2.75) is 33.2 Å². The van der Waals surface area contributed by atoms with E-state index in [2.05, 4.69) is 21.4 Å². The number of nitro groups is 1. The molecule has 3 heterocycles. The molecule has 3 aromatic rings. The Morgan fingerprint density at radius 3 is 2.81 bits per heavy atom. The molecule has 4 rings (SSSR count). The minimum absolute atomic E-state index is 0.0113. The number of hydrogen-bond acceptors (Lipinski definition) is 8. The van der Waals surface area contributed by atoms with Gasteiger partial charge in [0, 0.05) is 16.8 Å². The van der Waals surface area contributed by atoms with E-state index in [1.165, 1.54) is 11.8 Å². The quantitative estimate of drug-likeness (QED) is 0.457. The number of nitrogens with one attached hydrogen (secondary N) is 1. The van der Waals surface area contributed by atoms with E-state index in [0.29, 0.717) is 34.0 Å². The van der Waals surface area contributed by atoms with Crippen LogP contribution in [0.4, 0.5) is 5.82 Å². The Hall–Kier alpha value is -4.33. The minimum Gasteiger partial charge on any atom is -0.496 e. The van der Waals surface area contributed by atoms with Gasteiger partial charge in [-0.2, -0.15) is 5.26 Å². The number of benzene rings is 1. The van der Waals surface area contributed by atoms with Gasteiger partial charge in [0.05, 0.1) is 24.3 Å². The highest BCUT2D eigenvalue weighted by atomic mass is 16.6. The van der Waals surface area contributed by atoms with E-state index in [1.54, 1.807) is 19.9 Å². The number of aryl methyl sites for hydroxylation is 2. The van der Waals surface area contributed by atoms with Crippen molar-refractivity contribution in [3.63, 3.8) is 0 Å². The average Bonchev–Trinajstić information content (AvgIpc) is 3.25. The van der Waals surface area contributed by atoms with E-state index in [-0.39, 0.29) is 23.8 Å². The van der Waals surface area contributed by atoms with E-state index < -0.39 is 10.8 Å². The lowest BCUT2D eigenvalue weighted by Crippen LogP contribution is -2.21. The van der Waals surface area contributed by atoms with E-state index in [4.69, 9.17) is 15.2 Å². The summed E-state index contributed by atoms with van der Waals surface area (Å²) in [5.74, 6) is 0.262. The number of nitrogens with two attached hydrogens (primary N) is 1. The molecule has 1 aromatic carbocycles. The van der Waals surface area contributed by atoms with Gasteiger partial charge < -0.3 is 25.3 Å². The number of nitriles is 1. The molecular formula is C21H21N7O4. The molecule has 1 aliphatic rings. The van der Waals surface area contributed by atoms with E-state index in [9.17, 15) is 15.4 Å². The average molecular weight is 435 g/mol. The number of aromatic amines is 1. The Morgan fingerprint density at radius 2 is 2.16 bits per heavy atom. The molecule has 1 unspecified atom stereocenters. The van der Waals surface area contributed by atoms with Gasteiger partial charge in [-0.25, -0.2) is 0 Å². The maximum atomic E-state index is 11.6. The molecule has 0 spiro atoms. The predicted molar refractivity (Wildman–Crippen MR) is 113 cm³/mol. The Morgan fingerprint density at radius 1 is 1.41 bits per heavy atom. The molecule has 1 aliphatic heterocycles. The number of rotatable bonds is 5. The van der Waals surface area contributed by atoms with E-state index in [0.717, 1.165) is 11.3 Å². The standard InChI is InChI=1S/C21H21N7O4/c1-10-11(2)26-27(21(10)28(29)30)9-14-7-13(5-6-16(14)31-4)18-15(8-22)19(23)32-20-17(18)12(3)24-25-20/h5-7,18H,9,23H2,1-4H3,(H,24,25).